The number of hydrogen-bond acceptors (Lipinski definition) is 7. The number of carbonyl (C=O) groups excluding carboxylic acids is 1. The molecule has 0 aliphatic carbocycles. The van der Waals surface area contributed by atoms with Crippen LogP contribution in [-0.2, 0) is 4.79 Å². The summed E-state index contributed by atoms with van der Waals surface area (Å²) in [6, 6.07) is 18.4. The van der Waals surface area contributed by atoms with Gasteiger partial charge in [0.15, 0.2) is 0 Å². The summed E-state index contributed by atoms with van der Waals surface area (Å²) < 4.78 is 15.2. The zero-order valence-electron chi connectivity index (χ0n) is 22.7. The Balaban J connectivity index is 1.34. The van der Waals surface area contributed by atoms with Crippen molar-refractivity contribution in [3.63, 3.8) is 0 Å². The Hall–Kier alpha value is -4.34. The van der Waals surface area contributed by atoms with E-state index in [9.17, 15) is 9.90 Å². The van der Waals surface area contributed by atoms with E-state index in [1.807, 2.05) is 53.4 Å². The Bertz CT molecular complexity index is 1540. The van der Waals surface area contributed by atoms with Crippen molar-refractivity contribution in [2.45, 2.75) is 19.4 Å². The fraction of sp³-hybridized carbons (Fsp3) is 0.258. The van der Waals surface area contributed by atoms with Crippen LogP contribution in [0.5, 0.6) is 0 Å². The molecule has 8 nitrogen and oxygen atoms in total. The number of aromatic nitrogens is 2. The van der Waals surface area contributed by atoms with Gasteiger partial charge in [-0.3, -0.25) is 9.69 Å². The average Bonchev–Trinajstić information content (AvgIpc) is 2.92. The molecule has 1 aliphatic rings. The summed E-state index contributed by atoms with van der Waals surface area (Å²) in [7, 11) is 0. The highest BCUT2D eigenvalue weighted by Gasteiger charge is 2.24. The van der Waals surface area contributed by atoms with Crippen molar-refractivity contribution >= 4 is 39.8 Å². The normalized spacial score (nSPS) is 14.2. The van der Waals surface area contributed by atoms with Gasteiger partial charge in [0.1, 0.15) is 5.82 Å². The van der Waals surface area contributed by atoms with Gasteiger partial charge >= 0.3 is 0 Å². The predicted molar refractivity (Wildman–Crippen MR) is 158 cm³/mol. The van der Waals surface area contributed by atoms with Gasteiger partial charge in [0.2, 0.25) is 11.9 Å². The molecular formula is C31H33FN6O2. The van der Waals surface area contributed by atoms with E-state index in [1.165, 1.54) is 12.1 Å². The standard InChI is InChI=1S/C31H33FN6O2/c1-4-28(39)34-23-9-5-7-21(17-23)25-10-6-8-22-19-33-30(36-29(22)25)35-24-11-12-27(26(32)18-24)38-15-13-37(14-16-38)20-31(2,3)40/h4-12,17-19,40H,1,13-16,20H2,2-3H3,(H,34,39)(H,33,35,36). The van der Waals surface area contributed by atoms with E-state index in [-0.39, 0.29) is 11.7 Å². The van der Waals surface area contributed by atoms with Crippen LogP contribution in [0.4, 0.5) is 27.4 Å². The summed E-state index contributed by atoms with van der Waals surface area (Å²) in [5, 5.41) is 16.9. The number of halogens is 1. The smallest absolute Gasteiger partial charge is 0.247 e. The Morgan fingerprint density at radius 3 is 2.58 bits per heavy atom. The minimum absolute atomic E-state index is 0.282. The number of nitrogens with one attached hydrogen (secondary N) is 2. The second kappa shape index (κ2) is 11.4. The molecule has 0 unspecified atom stereocenters. The number of fused-ring (bicyclic) bond motifs is 1. The fourth-order valence-electron chi connectivity index (χ4n) is 4.97. The molecular weight excluding hydrogens is 507 g/mol. The molecule has 1 aromatic heterocycles. The number of piperazine rings is 1. The Morgan fingerprint density at radius 2 is 1.85 bits per heavy atom. The van der Waals surface area contributed by atoms with Gasteiger partial charge < -0.3 is 20.6 Å². The average molecular weight is 541 g/mol. The van der Waals surface area contributed by atoms with Crippen molar-refractivity contribution in [1.82, 2.24) is 14.9 Å². The number of rotatable bonds is 8. The molecule has 0 bridgehead atoms. The van der Waals surface area contributed by atoms with E-state index in [2.05, 4.69) is 27.1 Å². The highest BCUT2D eigenvalue weighted by molar-refractivity contribution is 6.00. The summed E-state index contributed by atoms with van der Waals surface area (Å²) in [5.74, 6) is -0.251. The van der Waals surface area contributed by atoms with Gasteiger partial charge in [0, 0.05) is 61.2 Å². The van der Waals surface area contributed by atoms with E-state index in [1.54, 1.807) is 26.1 Å². The van der Waals surface area contributed by atoms with Crippen molar-refractivity contribution in [2.24, 2.45) is 0 Å². The summed E-state index contributed by atoms with van der Waals surface area (Å²) in [6.07, 6.45) is 2.96. The minimum Gasteiger partial charge on any atom is -0.389 e. The summed E-state index contributed by atoms with van der Waals surface area (Å²) >= 11 is 0. The SMILES string of the molecule is C=CC(=O)Nc1cccc(-c2cccc3cnc(Nc4ccc(N5CCN(CC(C)(C)O)CC5)c(F)c4)nc23)c1. The van der Waals surface area contributed by atoms with Gasteiger partial charge in [0.05, 0.1) is 16.8 Å². The van der Waals surface area contributed by atoms with Gasteiger partial charge in [-0.25, -0.2) is 14.4 Å². The highest BCUT2D eigenvalue weighted by atomic mass is 19.1. The maximum atomic E-state index is 15.2. The zero-order chi connectivity index (χ0) is 28.3. The van der Waals surface area contributed by atoms with Crippen LogP contribution in [0.3, 0.4) is 0 Å². The zero-order valence-corrected chi connectivity index (χ0v) is 22.7. The molecule has 0 spiro atoms. The molecule has 0 saturated carbocycles. The maximum absolute atomic E-state index is 15.2. The Kier molecular flexibility index (Phi) is 7.77. The monoisotopic (exact) mass is 540 g/mol. The third-order valence-corrected chi connectivity index (χ3v) is 6.76. The molecule has 5 rings (SSSR count). The third kappa shape index (κ3) is 6.44. The first-order valence-corrected chi connectivity index (χ1v) is 13.2. The number of hydrogen-bond donors (Lipinski definition) is 3. The largest absolute Gasteiger partial charge is 0.389 e. The van der Waals surface area contributed by atoms with Crippen LogP contribution in [-0.4, -0.2) is 64.2 Å². The van der Waals surface area contributed by atoms with E-state index >= 15 is 4.39 Å². The van der Waals surface area contributed by atoms with Gasteiger partial charge in [-0.2, -0.15) is 0 Å². The lowest BCUT2D eigenvalue weighted by Gasteiger charge is -2.38. The van der Waals surface area contributed by atoms with Crippen LogP contribution in [0, 0.1) is 5.82 Å². The number of carbonyl (C=O) groups is 1. The van der Waals surface area contributed by atoms with Crippen molar-refractivity contribution in [1.29, 1.82) is 0 Å². The van der Waals surface area contributed by atoms with Crippen molar-refractivity contribution in [3.8, 4) is 11.1 Å². The van der Waals surface area contributed by atoms with Crippen LogP contribution in [0.1, 0.15) is 13.8 Å². The summed E-state index contributed by atoms with van der Waals surface area (Å²) in [6.45, 7) is 10.6. The molecule has 1 aliphatic heterocycles. The fourth-order valence-corrected chi connectivity index (χ4v) is 4.97. The lowest BCUT2D eigenvalue weighted by molar-refractivity contribution is -0.111. The number of nitrogens with zero attached hydrogens (tertiary/aromatic N) is 4. The van der Waals surface area contributed by atoms with Crippen LogP contribution in [0.2, 0.25) is 0 Å². The van der Waals surface area contributed by atoms with Crippen molar-refractivity contribution in [2.75, 3.05) is 48.3 Å². The number of anilines is 4. The quantitative estimate of drug-likeness (QED) is 0.265. The first kappa shape index (κ1) is 27.2. The first-order valence-electron chi connectivity index (χ1n) is 13.2. The van der Waals surface area contributed by atoms with Crippen molar-refractivity contribution < 1.29 is 14.3 Å². The molecule has 3 aromatic carbocycles. The molecule has 1 fully saturated rings. The molecule has 4 aromatic rings. The Labute approximate surface area is 233 Å². The van der Waals surface area contributed by atoms with Crippen LogP contribution < -0.4 is 15.5 Å². The van der Waals surface area contributed by atoms with Crippen LogP contribution in [0.15, 0.2) is 79.5 Å². The molecule has 9 heteroatoms. The van der Waals surface area contributed by atoms with E-state index < -0.39 is 5.60 Å². The van der Waals surface area contributed by atoms with Gasteiger partial charge in [-0.15, -0.1) is 0 Å². The minimum atomic E-state index is -0.751. The Morgan fingerprint density at radius 1 is 1.07 bits per heavy atom. The second-order valence-corrected chi connectivity index (χ2v) is 10.6. The van der Waals surface area contributed by atoms with Gasteiger partial charge in [-0.05, 0) is 55.8 Å². The number of aliphatic hydroxyl groups is 1. The molecule has 2 heterocycles. The van der Waals surface area contributed by atoms with Gasteiger partial charge in [0.25, 0.3) is 0 Å². The van der Waals surface area contributed by atoms with Crippen molar-refractivity contribution in [3.05, 3.63) is 85.3 Å². The lowest BCUT2D eigenvalue weighted by atomic mass is 10.0. The summed E-state index contributed by atoms with van der Waals surface area (Å²) in [5.41, 5.74) is 3.50. The van der Waals surface area contributed by atoms with Gasteiger partial charge in [-0.1, -0.05) is 36.9 Å². The second-order valence-electron chi connectivity index (χ2n) is 10.6. The van der Waals surface area contributed by atoms with Crippen LogP contribution >= 0.6 is 0 Å². The number of amides is 1. The van der Waals surface area contributed by atoms with E-state index in [0.717, 1.165) is 35.1 Å². The van der Waals surface area contributed by atoms with Crippen LogP contribution in [0.25, 0.3) is 22.0 Å². The number of para-hydroxylation sites is 1. The molecule has 0 atom stereocenters. The third-order valence-electron chi connectivity index (χ3n) is 6.76. The predicted octanol–water partition coefficient (Wildman–Crippen LogP) is 5.20. The van der Waals surface area contributed by atoms with E-state index in [0.29, 0.717) is 42.6 Å². The molecule has 206 valence electrons. The maximum Gasteiger partial charge on any atom is 0.247 e. The molecule has 1 amide bonds. The first-order chi connectivity index (χ1) is 19.2. The lowest BCUT2D eigenvalue weighted by Crippen LogP contribution is -2.50. The summed E-state index contributed by atoms with van der Waals surface area (Å²) in [4.78, 5) is 25.2. The topological polar surface area (TPSA) is 93.6 Å². The molecule has 0 radical (unpaired) electrons. The van der Waals surface area contributed by atoms with E-state index in [4.69, 9.17) is 4.98 Å². The number of β-amino-alcohol motifs (C(OH)–C–C–N with tert-alkyl or cyclic N) is 1. The number of benzene rings is 3. The molecule has 40 heavy (non-hydrogen) atoms. The highest BCUT2D eigenvalue weighted by Crippen LogP contribution is 2.31. The molecule has 1 saturated heterocycles. The molecule has 3 N–H and O–H groups in total.